The SMILES string of the molecule is O=C(c1ccc[nH]c1=S)N1CCN(c2ccc(F)cc2)CC1. The molecule has 2 aromatic rings. The molecule has 22 heavy (non-hydrogen) atoms. The normalized spacial score (nSPS) is 15.0. The zero-order valence-corrected chi connectivity index (χ0v) is 12.8. The molecule has 1 fully saturated rings. The second-order valence-corrected chi connectivity index (χ2v) is 5.58. The summed E-state index contributed by atoms with van der Waals surface area (Å²) in [6, 6.07) is 9.96. The van der Waals surface area contributed by atoms with Gasteiger partial charge in [0.25, 0.3) is 5.91 Å². The molecule has 114 valence electrons. The van der Waals surface area contributed by atoms with Gasteiger partial charge in [-0.1, -0.05) is 12.2 Å². The number of benzene rings is 1. The number of aromatic nitrogens is 1. The fourth-order valence-electron chi connectivity index (χ4n) is 2.58. The number of carbonyl (C=O) groups excluding carboxylic acids is 1. The van der Waals surface area contributed by atoms with E-state index < -0.39 is 0 Å². The molecule has 1 aromatic heterocycles. The second-order valence-electron chi connectivity index (χ2n) is 5.17. The number of nitrogens with zero attached hydrogens (tertiary/aromatic N) is 2. The number of aromatic amines is 1. The Morgan fingerprint density at radius 2 is 1.77 bits per heavy atom. The van der Waals surface area contributed by atoms with Gasteiger partial charge in [0.1, 0.15) is 10.5 Å². The molecule has 0 aliphatic carbocycles. The third kappa shape index (κ3) is 3.01. The maximum Gasteiger partial charge on any atom is 0.256 e. The first-order valence-corrected chi connectivity index (χ1v) is 7.53. The lowest BCUT2D eigenvalue weighted by Gasteiger charge is -2.36. The van der Waals surface area contributed by atoms with E-state index in [1.165, 1.54) is 12.1 Å². The number of H-pyrrole nitrogens is 1. The Balaban J connectivity index is 1.67. The molecule has 2 heterocycles. The van der Waals surface area contributed by atoms with Crippen LogP contribution in [0.1, 0.15) is 10.4 Å². The lowest BCUT2D eigenvalue weighted by molar-refractivity contribution is 0.0746. The summed E-state index contributed by atoms with van der Waals surface area (Å²) in [5.41, 5.74) is 1.51. The van der Waals surface area contributed by atoms with E-state index in [4.69, 9.17) is 12.2 Å². The zero-order chi connectivity index (χ0) is 15.5. The zero-order valence-electron chi connectivity index (χ0n) is 12.0. The number of pyridine rings is 1. The van der Waals surface area contributed by atoms with Crippen LogP contribution in [0.25, 0.3) is 0 Å². The molecule has 6 heteroatoms. The molecule has 1 aromatic carbocycles. The molecular weight excluding hydrogens is 301 g/mol. The van der Waals surface area contributed by atoms with Gasteiger partial charge in [-0.25, -0.2) is 4.39 Å². The number of amides is 1. The van der Waals surface area contributed by atoms with Crippen LogP contribution in [0, 0.1) is 10.5 Å². The fraction of sp³-hybridized carbons (Fsp3) is 0.250. The Bertz CT molecular complexity index is 721. The molecule has 0 saturated carbocycles. The number of anilines is 1. The van der Waals surface area contributed by atoms with Gasteiger partial charge in [0.2, 0.25) is 0 Å². The lowest BCUT2D eigenvalue weighted by Crippen LogP contribution is -2.48. The van der Waals surface area contributed by atoms with E-state index in [9.17, 15) is 9.18 Å². The van der Waals surface area contributed by atoms with Gasteiger partial charge >= 0.3 is 0 Å². The molecule has 0 bridgehead atoms. The monoisotopic (exact) mass is 317 g/mol. The fourth-order valence-corrected chi connectivity index (χ4v) is 2.80. The molecule has 0 radical (unpaired) electrons. The largest absolute Gasteiger partial charge is 0.368 e. The summed E-state index contributed by atoms with van der Waals surface area (Å²) in [5.74, 6) is -0.281. The van der Waals surface area contributed by atoms with Gasteiger partial charge in [-0.2, -0.15) is 0 Å². The Hall–Kier alpha value is -2.21. The van der Waals surface area contributed by atoms with Crippen LogP contribution in [0.15, 0.2) is 42.6 Å². The highest BCUT2D eigenvalue weighted by molar-refractivity contribution is 7.71. The van der Waals surface area contributed by atoms with Crippen molar-refractivity contribution in [2.45, 2.75) is 0 Å². The average molecular weight is 317 g/mol. The van der Waals surface area contributed by atoms with Crippen molar-refractivity contribution in [3.05, 3.63) is 58.6 Å². The number of carbonyl (C=O) groups is 1. The first kappa shape index (κ1) is 14.7. The summed E-state index contributed by atoms with van der Waals surface area (Å²) >= 11 is 5.16. The van der Waals surface area contributed by atoms with Crippen LogP contribution in [-0.4, -0.2) is 42.0 Å². The summed E-state index contributed by atoms with van der Waals surface area (Å²) < 4.78 is 13.4. The molecule has 1 amide bonds. The summed E-state index contributed by atoms with van der Waals surface area (Å²) in [5, 5.41) is 0. The molecule has 1 N–H and O–H groups in total. The first-order valence-electron chi connectivity index (χ1n) is 7.12. The van der Waals surface area contributed by atoms with Gasteiger partial charge in [0.05, 0.1) is 5.56 Å². The maximum absolute atomic E-state index is 13.0. The van der Waals surface area contributed by atoms with E-state index in [0.29, 0.717) is 23.3 Å². The summed E-state index contributed by atoms with van der Waals surface area (Å²) in [7, 11) is 0. The van der Waals surface area contributed by atoms with Crippen molar-refractivity contribution in [3.8, 4) is 0 Å². The van der Waals surface area contributed by atoms with E-state index >= 15 is 0 Å². The number of rotatable bonds is 2. The molecule has 4 nitrogen and oxygen atoms in total. The highest BCUT2D eigenvalue weighted by Crippen LogP contribution is 2.18. The van der Waals surface area contributed by atoms with E-state index in [2.05, 4.69) is 9.88 Å². The summed E-state index contributed by atoms with van der Waals surface area (Å²) in [6.07, 6.45) is 1.71. The molecule has 1 saturated heterocycles. The lowest BCUT2D eigenvalue weighted by atomic mass is 10.2. The molecule has 0 atom stereocenters. The topological polar surface area (TPSA) is 39.3 Å². The predicted octanol–water partition coefficient (Wildman–Crippen LogP) is 2.85. The smallest absolute Gasteiger partial charge is 0.256 e. The molecule has 0 spiro atoms. The minimum Gasteiger partial charge on any atom is -0.368 e. The Morgan fingerprint density at radius 3 is 2.41 bits per heavy atom. The van der Waals surface area contributed by atoms with Crippen molar-refractivity contribution in [1.29, 1.82) is 0 Å². The summed E-state index contributed by atoms with van der Waals surface area (Å²) in [4.78, 5) is 19.3. The minimum absolute atomic E-state index is 0.0411. The molecular formula is C16H16FN3OS. The van der Waals surface area contributed by atoms with Crippen molar-refractivity contribution in [2.75, 3.05) is 31.1 Å². The Morgan fingerprint density at radius 1 is 1.09 bits per heavy atom. The van der Waals surface area contributed by atoms with Gasteiger partial charge in [-0.05, 0) is 36.4 Å². The number of halogens is 1. The van der Waals surface area contributed by atoms with Gasteiger partial charge in [0.15, 0.2) is 0 Å². The quantitative estimate of drug-likeness (QED) is 0.866. The molecule has 0 unspecified atom stereocenters. The van der Waals surface area contributed by atoms with E-state index in [1.807, 2.05) is 0 Å². The predicted molar refractivity (Wildman–Crippen MR) is 86.1 cm³/mol. The van der Waals surface area contributed by atoms with Crippen LogP contribution in [0.4, 0.5) is 10.1 Å². The average Bonchev–Trinajstić information content (AvgIpc) is 2.56. The van der Waals surface area contributed by atoms with Gasteiger partial charge in [0, 0.05) is 38.1 Å². The highest BCUT2D eigenvalue weighted by Gasteiger charge is 2.23. The van der Waals surface area contributed by atoms with Crippen LogP contribution >= 0.6 is 12.2 Å². The van der Waals surface area contributed by atoms with Crippen LogP contribution in [0.3, 0.4) is 0 Å². The van der Waals surface area contributed by atoms with E-state index in [0.717, 1.165) is 18.8 Å². The second kappa shape index (κ2) is 6.27. The molecule has 1 aliphatic heterocycles. The van der Waals surface area contributed by atoms with Crippen LogP contribution in [0.2, 0.25) is 0 Å². The van der Waals surface area contributed by atoms with Crippen LogP contribution in [-0.2, 0) is 0 Å². The Labute approximate surface area is 133 Å². The van der Waals surface area contributed by atoms with Crippen molar-refractivity contribution >= 4 is 23.8 Å². The Kier molecular flexibility index (Phi) is 4.20. The van der Waals surface area contributed by atoms with Gasteiger partial charge in [-0.15, -0.1) is 0 Å². The first-order chi connectivity index (χ1) is 10.6. The number of hydrogen-bond acceptors (Lipinski definition) is 3. The standard InChI is InChI=1S/C16H16FN3OS/c17-12-3-5-13(6-4-12)19-8-10-20(11-9-19)16(21)14-2-1-7-18-15(14)22/h1-7H,8-11H2,(H,18,22). The van der Waals surface area contributed by atoms with Crippen molar-refractivity contribution in [3.63, 3.8) is 0 Å². The molecule has 1 aliphatic rings. The van der Waals surface area contributed by atoms with Gasteiger partial charge < -0.3 is 14.8 Å². The van der Waals surface area contributed by atoms with Gasteiger partial charge in [-0.3, -0.25) is 4.79 Å². The minimum atomic E-state index is -0.240. The third-order valence-electron chi connectivity index (χ3n) is 3.81. The third-order valence-corrected chi connectivity index (χ3v) is 4.14. The van der Waals surface area contributed by atoms with Crippen LogP contribution in [0.5, 0.6) is 0 Å². The summed E-state index contributed by atoms with van der Waals surface area (Å²) in [6.45, 7) is 2.70. The number of piperazine rings is 1. The van der Waals surface area contributed by atoms with E-state index in [1.54, 1.807) is 35.4 Å². The molecule has 3 rings (SSSR count). The van der Waals surface area contributed by atoms with Crippen molar-refractivity contribution in [2.24, 2.45) is 0 Å². The number of nitrogens with one attached hydrogen (secondary N) is 1. The maximum atomic E-state index is 13.0. The van der Waals surface area contributed by atoms with E-state index in [-0.39, 0.29) is 11.7 Å². The van der Waals surface area contributed by atoms with Crippen LogP contribution < -0.4 is 4.90 Å². The number of hydrogen-bond donors (Lipinski definition) is 1. The highest BCUT2D eigenvalue weighted by atomic mass is 32.1. The van der Waals surface area contributed by atoms with Crippen molar-refractivity contribution in [1.82, 2.24) is 9.88 Å². The van der Waals surface area contributed by atoms with Crippen molar-refractivity contribution < 1.29 is 9.18 Å².